The maximum Gasteiger partial charge on any atom is 0.125 e. The van der Waals surface area contributed by atoms with Gasteiger partial charge in [-0.15, -0.1) is 0 Å². The van der Waals surface area contributed by atoms with E-state index in [0.29, 0.717) is 17.2 Å². The molecular formula is C14H12FNO. The molecule has 0 unspecified atom stereocenters. The zero-order chi connectivity index (χ0) is 11.8. The molecule has 1 N–H and O–H groups in total. The first-order valence-electron chi connectivity index (χ1n) is 5.69. The summed E-state index contributed by atoms with van der Waals surface area (Å²) in [6, 6.07) is 7.84. The van der Waals surface area contributed by atoms with Gasteiger partial charge in [-0.25, -0.2) is 4.39 Å². The number of aromatic hydroxyl groups is 1. The van der Waals surface area contributed by atoms with Crippen LogP contribution in [0.3, 0.4) is 0 Å². The van der Waals surface area contributed by atoms with E-state index in [0.717, 1.165) is 18.4 Å². The number of phenols is 1. The summed E-state index contributed by atoms with van der Waals surface area (Å²) < 4.78 is 13.2. The number of benzene rings is 1. The maximum absolute atomic E-state index is 13.2. The van der Waals surface area contributed by atoms with E-state index in [-0.39, 0.29) is 11.6 Å². The molecule has 17 heavy (non-hydrogen) atoms. The van der Waals surface area contributed by atoms with Gasteiger partial charge >= 0.3 is 0 Å². The van der Waals surface area contributed by atoms with Gasteiger partial charge in [0.15, 0.2) is 0 Å². The molecule has 1 aromatic heterocycles. The van der Waals surface area contributed by atoms with Crippen molar-refractivity contribution in [3.8, 4) is 17.0 Å². The molecule has 86 valence electrons. The first-order valence-corrected chi connectivity index (χ1v) is 5.69. The maximum atomic E-state index is 13.2. The highest BCUT2D eigenvalue weighted by molar-refractivity contribution is 5.70. The fourth-order valence-electron chi connectivity index (χ4n) is 2.06. The van der Waals surface area contributed by atoms with Crippen LogP contribution in [-0.2, 0) is 0 Å². The second-order valence-electron chi connectivity index (χ2n) is 4.38. The number of aromatic nitrogens is 1. The van der Waals surface area contributed by atoms with Crippen LogP contribution in [0, 0.1) is 5.82 Å². The molecule has 1 heterocycles. The van der Waals surface area contributed by atoms with Gasteiger partial charge in [-0.3, -0.25) is 4.98 Å². The number of phenolic OH excluding ortho intramolecular Hbond substituents is 1. The summed E-state index contributed by atoms with van der Waals surface area (Å²) >= 11 is 0. The molecule has 0 aliphatic heterocycles. The monoisotopic (exact) mass is 229 g/mol. The van der Waals surface area contributed by atoms with Crippen molar-refractivity contribution in [2.75, 3.05) is 0 Å². The highest BCUT2D eigenvalue weighted by atomic mass is 19.1. The molecule has 2 aromatic rings. The van der Waals surface area contributed by atoms with Crippen molar-refractivity contribution in [2.45, 2.75) is 18.8 Å². The lowest BCUT2D eigenvalue weighted by Gasteiger charge is -2.09. The Morgan fingerprint density at radius 1 is 1.24 bits per heavy atom. The average Bonchev–Trinajstić information content (AvgIpc) is 3.16. The molecule has 0 spiro atoms. The molecule has 0 saturated heterocycles. The average molecular weight is 229 g/mol. The normalized spacial score (nSPS) is 14.9. The van der Waals surface area contributed by atoms with Crippen LogP contribution in [-0.4, -0.2) is 10.1 Å². The van der Waals surface area contributed by atoms with Gasteiger partial charge in [0.1, 0.15) is 11.6 Å². The van der Waals surface area contributed by atoms with Crippen molar-refractivity contribution >= 4 is 0 Å². The highest BCUT2D eigenvalue weighted by Gasteiger charge is 2.27. The van der Waals surface area contributed by atoms with Gasteiger partial charge in [-0.1, -0.05) is 6.07 Å². The lowest BCUT2D eigenvalue weighted by Crippen LogP contribution is -1.92. The second kappa shape index (κ2) is 3.84. The van der Waals surface area contributed by atoms with Crippen molar-refractivity contribution in [3.63, 3.8) is 0 Å². The first-order chi connectivity index (χ1) is 8.25. The second-order valence-corrected chi connectivity index (χ2v) is 4.38. The van der Waals surface area contributed by atoms with Gasteiger partial charge in [0.2, 0.25) is 0 Å². The van der Waals surface area contributed by atoms with E-state index < -0.39 is 0 Å². The van der Waals surface area contributed by atoms with Crippen LogP contribution < -0.4 is 0 Å². The zero-order valence-electron chi connectivity index (χ0n) is 9.23. The summed E-state index contributed by atoms with van der Waals surface area (Å²) in [7, 11) is 0. The largest absolute Gasteiger partial charge is 0.507 e. The Morgan fingerprint density at radius 3 is 2.82 bits per heavy atom. The fourth-order valence-corrected chi connectivity index (χ4v) is 2.06. The minimum absolute atomic E-state index is 0.0759. The summed E-state index contributed by atoms with van der Waals surface area (Å²) in [6.45, 7) is 0. The number of hydrogen-bond donors (Lipinski definition) is 1. The molecule has 1 fully saturated rings. The van der Waals surface area contributed by atoms with E-state index in [9.17, 15) is 9.50 Å². The Kier molecular flexibility index (Phi) is 2.32. The third kappa shape index (κ3) is 1.88. The molecule has 3 heteroatoms. The third-order valence-electron chi connectivity index (χ3n) is 3.07. The Labute approximate surface area is 98.8 Å². The van der Waals surface area contributed by atoms with Crippen LogP contribution in [0.4, 0.5) is 4.39 Å². The summed E-state index contributed by atoms with van der Waals surface area (Å²) in [4.78, 5) is 4.29. The van der Waals surface area contributed by atoms with Crippen molar-refractivity contribution in [1.82, 2.24) is 4.98 Å². The van der Waals surface area contributed by atoms with Crippen molar-refractivity contribution in [2.24, 2.45) is 0 Å². The quantitative estimate of drug-likeness (QED) is 0.855. The fraction of sp³-hybridized carbons (Fsp3) is 0.214. The molecule has 0 atom stereocenters. The van der Waals surface area contributed by atoms with Crippen molar-refractivity contribution in [3.05, 3.63) is 47.9 Å². The minimum Gasteiger partial charge on any atom is -0.507 e. The summed E-state index contributed by atoms with van der Waals surface area (Å²) in [6.07, 6.45) is 3.97. The van der Waals surface area contributed by atoms with Gasteiger partial charge in [0.05, 0.1) is 5.69 Å². The number of halogens is 1. The van der Waals surface area contributed by atoms with Crippen LogP contribution in [0.25, 0.3) is 11.3 Å². The van der Waals surface area contributed by atoms with E-state index in [1.165, 1.54) is 18.2 Å². The molecule has 3 rings (SSSR count). The lowest BCUT2D eigenvalue weighted by atomic mass is 10.0. The molecule has 2 nitrogen and oxygen atoms in total. The Bertz CT molecular complexity index is 564. The zero-order valence-corrected chi connectivity index (χ0v) is 9.23. The Morgan fingerprint density at radius 2 is 2.06 bits per heavy atom. The molecule has 1 aliphatic rings. The number of nitrogens with zero attached hydrogens (tertiary/aromatic N) is 1. The van der Waals surface area contributed by atoms with E-state index >= 15 is 0 Å². The SMILES string of the molecule is Oc1ccc(F)cc1-c1ncccc1C1CC1. The standard InChI is InChI=1S/C14H12FNO/c15-10-5-6-13(17)12(8-10)14-11(9-3-4-9)2-1-7-16-14/h1-2,5-9,17H,3-4H2. The van der Waals surface area contributed by atoms with E-state index in [1.807, 2.05) is 12.1 Å². The molecule has 1 aliphatic carbocycles. The topological polar surface area (TPSA) is 33.1 Å². The van der Waals surface area contributed by atoms with E-state index in [4.69, 9.17) is 0 Å². The van der Waals surface area contributed by atoms with Crippen molar-refractivity contribution < 1.29 is 9.50 Å². The predicted molar refractivity (Wildman–Crippen MR) is 63.3 cm³/mol. The Hall–Kier alpha value is -1.90. The smallest absolute Gasteiger partial charge is 0.125 e. The molecule has 0 amide bonds. The summed E-state index contributed by atoms with van der Waals surface area (Å²) in [5.41, 5.74) is 2.29. The van der Waals surface area contributed by atoms with Gasteiger partial charge in [0, 0.05) is 11.8 Å². The molecule has 1 aromatic carbocycles. The first kappa shape index (κ1) is 10.3. The minimum atomic E-state index is -0.356. The Balaban J connectivity index is 2.17. The van der Waals surface area contributed by atoms with Gasteiger partial charge < -0.3 is 5.11 Å². The van der Waals surface area contributed by atoms with Crippen LogP contribution in [0.15, 0.2) is 36.5 Å². The number of pyridine rings is 1. The summed E-state index contributed by atoms with van der Waals surface area (Å²) in [5, 5.41) is 9.81. The lowest BCUT2D eigenvalue weighted by molar-refractivity contribution is 0.475. The molecule has 1 saturated carbocycles. The highest BCUT2D eigenvalue weighted by Crippen LogP contribution is 2.44. The molecule has 0 bridgehead atoms. The molecular weight excluding hydrogens is 217 g/mol. The van der Waals surface area contributed by atoms with Gasteiger partial charge in [-0.2, -0.15) is 0 Å². The van der Waals surface area contributed by atoms with Crippen LogP contribution >= 0.6 is 0 Å². The number of hydrogen-bond acceptors (Lipinski definition) is 2. The van der Waals surface area contributed by atoms with Gasteiger partial charge in [-0.05, 0) is 48.6 Å². The van der Waals surface area contributed by atoms with Crippen LogP contribution in [0.2, 0.25) is 0 Å². The van der Waals surface area contributed by atoms with E-state index in [2.05, 4.69) is 4.98 Å². The van der Waals surface area contributed by atoms with Crippen LogP contribution in [0.1, 0.15) is 24.3 Å². The summed E-state index contributed by atoms with van der Waals surface area (Å²) in [5.74, 6) is 0.235. The van der Waals surface area contributed by atoms with Gasteiger partial charge in [0.25, 0.3) is 0 Å². The predicted octanol–water partition coefficient (Wildman–Crippen LogP) is 3.47. The van der Waals surface area contributed by atoms with Crippen LogP contribution in [0.5, 0.6) is 5.75 Å². The third-order valence-corrected chi connectivity index (χ3v) is 3.07. The van der Waals surface area contributed by atoms with Crippen molar-refractivity contribution in [1.29, 1.82) is 0 Å². The van der Waals surface area contributed by atoms with E-state index in [1.54, 1.807) is 6.20 Å². The molecule has 0 radical (unpaired) electrons. The number of rotatable bonds is 2.